The first-order valence-corrected chi connectivity index (χ1v) is 10.4. The zero-order chi connectivity index (χ0) is 22.4. The number of H-pyrrole nitrogens is 1. The van der Waals surface area contributed by atoms with E-state index in [1.54, 1.807) is 11.9 Å². The van der Waals surface area contributed by atoms with Gasteiger partial charge in [-0.2, -0.15) is 0 Å². The Balaban J connectivity index is 1.85. The van der Waals surface area contributed by atoms with Gasteiger partial charge in [0.1, 0.15) is 5.69 Å². The van der Waals surface area contributed by atoms with E-state index in [0.29, 0.717) is 11.3 Å². The number of carbonyl (C=O) groups is 2. The van der Waals surface area contributed by atoms with Gasteiger partial charge in [0.2, 0.25) is 0 Å². The summed E-state index contributed by atoms with van der Waals surface area (Å²) in [6.45, 7) is 1.98. The number of hydrogen-bond donors (Lipinski definition) is 2. The van der Waals surface area contributed by atoms with Gasteiger partial charge in [-0.05, 0) is 18.6 Å². The normalized spacial score (nSPS) is 15.9. The van der Waals surface area contributed by atoms with Crippen LogP contribution in [-0.4, -0.2) is 29.6 Å². The summed E-state index contributed by atoms with van der Waals surface area (Å²) < 4.78 is 0. The van der Waals surface area contributed by atoms with Gasteiger partial charge in [0.05, 0.1) is 11.4 Å². The zero-order valence-corrected chi connectivity index (χ0v) is 17.8. The van der Waals surface area contributed by atoms with Crippen LogP contribution in [0.4, 0.5) is 5.69 Å². The highest BCUT2D eigenvalue weighted by Gasteiger charge is 2.35. The number of fused-ring (bicyclic) bond motifs is 2. The molecule has 0 saturated heterocycles. The van der Waals surface area contributed by atoms with Crippen LogP contribution in [0.1, 0.15) is 38.8 Å². The Morgan fingerprint density at radius 1 is 1.00 bits per heavy atom. The molecule has 0 saturated carbocycles. The number of likely N-dealkylation sites (N-methyl/N-ethyl adjacent to an activating group) is 1. The molecule has 0 spiro atoms. The summed E-state index contributed by atoms with van der Waals surface area (Å²) in [6, 6.07) is 22.2. The van der Waals surface area contributed by atoms with Crippen LogP contribution in [-0.2, 0) is 4.79 Å². The molecule has 2 amide bonds. The smallest absolute Gasteiger partial charge is 0.265 e. The molecule has 0 bridgehead atoms. The first-order chi connectivity index (χ1) is 15.5. The molecule has 6 heteroatoms. The number of aromatic amines is 1. The highest BCUT2D eigenvalue weighted by atomic mass is 16.2. The van der Waals surface area contributed by atoms with E-state index in [1.165, 1.54) is 0 Å². The van der Waals surface area contributed by atoms with Crippen molar-refractivity contribution >= 4 is 34.1 Å². The van der Waals surface area contributed by atoms with Crippen LogP contribution in [0.2, 0.25) is 0 Å². The van der Waals surface area contributed by atoms with Gasteiger partial charge in [0, 0.05) is 34.6 Å². The minimum absolute atomic E-state index is 0.205. The van der Waals surface area contributed by atoms with E-state index in [9.17, 15) is 9.59 Å². The molecule has 1 aliphatic rings. The van der Waals surface area contributed by atoms with Crippen molar-refractivity contribution in [3.8, 4) is 0 Å². The van der Waals surface area contributed by atoms with Crippen LogP contribution in [0.3, 0.4) is 0 Å². The third kappa shape index (κ3) is 3.00. The number of para-hydroxylation sites is 2. The summed E-state index contributed by atoms with van der Waals surface area (Å²) in [5.74, 6) is -0.847. The minimum atomic E-state index is -0.930. The Bertz CT molecular complexity index is 1400. The number of benzene rings is 3. The SMILES string of the molecule is Cc1cccc2c1N(C)C(=O)C(c1c(C(N)=O)[nH]c3ccccc13)N=C2c1ccccc1. The molecule has 4 aromatic rings. The lowest BCUT2D eigenvalue weighted by atomic mass is 9.98. The van der Waals surface area contributed by atoms with Gasteiger partial charge in [-0.3, -0.25) is 14.6 Å². The zero-order valence-electron chi connectivity index (χ0n) is 17.8. The van der Waals surface area contributed by atoms with Gasteiger partial charge in [-0.25, -0.2) is 0 Å². The molecule has 0 radical (unpaired) electrons. The molecule has 3 N–H and O–H groups in total. The molecule has 3 aromatic carbocycles. The standard InChI is InChI=1S/C26H22N4O2/c1-15-9-8-13-18-21(16-10-4-3-5-11-16)29-23(26(32)30(2)24(15)18)20-17-12-6-7-14-19(17)28-22(20)25(27)31/h3-14,23,28H,1-2H3,(H2,27,31). The fourth-order valence-electron chi connectivity index (χ4n) is 4.50. The third-order valence-electron chi connectivity index (χ3n) is 5.96. The van der Waals surface area contributed by atoms with E-state index < -0.39 is 11.9 Å². The summed E-state index contributed by atoms with van der Waals surface area (Å²) >= 11 is 0. The highest BCUT2D eigenvalue weighted by molar-refractivity contribution is 6.21. The summed E-state index contributed by atoms with van der Waals surface area (Å²) in [4.78, 5) is 35.9. The molecular formula is C26H22N4O2. The molecule has 0 aliphatic carbocycles. The number of aliphatic imine (C=N–C) groups is 1. The first-order valence-electron chi connectivity index (χ1n) is 10.4. The van der Waals surface area contributed by atoms with E-state index in [-0.39, 0.29) is 11.6 Å². The van der Waals surface area contributed by atoms with Crippen LogP contribution in [0.25, 0.3) is 10.9 Å². The summed E-state index contributed by atoms with van der Waals surface area (Å²) in [5, 5.41) is 0.756. The quantitative estimate of drug-likeness (QED) is 0.520. The Morgan fingerprint density at radius 2 is 1.72 bits per heavy atom. The lowest BCUT2D eigenvalue weighted by Gasteiger charge is -2.22. The Morgan fingerprint density at radius 3 is 2.47 bits per heavy atom. The van der Waals surface area contributed by atoms with Crippen LogP contribution in [0, 0.1) is 6.92 Å². The lowest BCUT2D eigenvalue weighted by molar-refractivity contribution is -0.119. The summed E-state index contributed by atoms with van der Waals surface area (Å²) in [6.07, 6.45) is 0. The fourth-order valence-corrected chi connectivity index (χ4v) is 4.50. The van der Waals surface area contributed by atoms with Crippen molar-refractivity contribution in [3.63, 3.8) is 0 Å². The number of primary amides is 1. The number of hydrogen-bond acceptors (Lipinski definition) is 3. The number of carbonyl (C=O) groups excluding carboxylic acids is 2. The Hall–Kier alpha value is -4.19. The van der Waals surface area contributed by atoms with Gasteiger partial charge in [-0.15, -0.1) is 0 Å². The maximum absolute atomic E-state index is 13.8. The molecule has 1 aromatic heterocycles. The third-order valence-corrected chi connectivity index (χ3v) is 5.96. The van der Waals surface area contributed by atoms with E-state index in [2.05, 4.69) is 4.98 Å². The van der Waals surface area contributed by atoms with Crippen LogP contribution in [0.15, 0.2) is 77.8 Å². The maximum Gasteiger partial charge on any atom is 0.265 e. The molecule has 1 atom stereocenters. The van der Waals surface area contributed by atoms with Gasteiger partial charge in [0.15, 0.2) is 6.04 Å². The van der Waals surface area contributed by atoms with Crippen molar-refractivity contribution in [1.82, 2.24) is 4.98 Å². The van der Waals surface area contributed by atoms with Crippen molar-refractivity contribution in [3.05, 3.63) is 101 Å². The van der Waals surface area contributed by atoms with Crippen LogP contribution in [0.5, 0.6) is 0 Å². The average molecular weight is 422 g/mol. The molecule has 0 fully saturated rings. The number of aromatic nitrogens is 1. The number of anilines is 1. The van der Waals surface area contributed by atoms with Crippen molar-refractivity contribution in [2.45, 2.75) is 13.0 Å². The van der Waals surface area contributed by atoms with Crippen molar-refractivity contribution in [1.29, 1.82) is 0 Å². The predicted molar refractivity (Wildman–Crippen MR) is 126 cm³/mol. The first kappa shape index (κ1) is 19.8. The maximum atomic E-state index is 13.8. The summed E-state index contributed by atoms with van der Waals surface area (Å²) in [5.41, 5.74) is 11.4. The number of nitrogens with zero attached hydrogens (tertiary/aromatic N) is 2. The predicted octanol–water partition coefficient (Wildman–Crippen LogP) is 4.13. The monoisotopic (exact) mass is 422 g/mol. The van der Waals surface area contributed by atoms with Crippen molar-refractivity contribution < 1.29 is 9.59 Å². The molecule has 32 heavy (non-hydrogen) atoms. The number of aryl methyl sites for hydroxylation is 1. The number of nitrogens with one attached hydrogen (secondary N) is 1. The highest BCUT2D eigenvalue weighted by Crippen LogP contribution is 2.38. The second-order valence-electron chi connectivity index (χ2n) is 7.94. The lowest BCUT2D eigenvalue weighted by Crippen LogP contribution is -2.31. The van der Waals surface area contributed by atoms with Crippen molar-refractivity contribution in [2.24, 2.45) is 10.7 Å². The molecule has 2 heterocycles. The van der Waals surface area contributed by atoms with Gasteiger partial charge >= 0.3 is 0 Å². The van der Waals surface area contributed by atoms with Crippen molar-refractivity contribution in [2.75, 3.05) is 11.9 Å². The van der Waals surface area contributed by atoms with Gasteiger partial charge < -0.3 is 15.6 Å². The minimum Gasteiger partial charge on any atom is -0.364 e. The van der Waals surface area contributed by atoms with E-state index >= 15 is 0 Å². The van der Waals surface area contributed by atoms with E-state index in [0.717, 1.165) is 33.3 Å². The Labute approximate surface area is 185 Å². The molecule has 6 nitrogen and oxygen atoms in total. The molecule has 1 aliphatic heterocycles. The number of benzodiazepines with no additional fused rings is 1. The molecule has 1 unspecified atom stereocenters. The molecule has 5 rings (SSSR count). The number of rotatable bonds is 3. The largest absolute Gasteiger partial charge is 0.364 e. The topological polar surface area (TPSA) is 91.5 Å². The number of amides is 2. The van der Waals surface area contributed by atoms with Gasteiger partial charge in [0.25, 0.3) is 11.8 Å². The number of nitrogens with two attached hydrogens (primary N) is 1. The average Bonchev–Trinajstić information content (AvgIpc) is 3.14. The van der Waals surface area contributed by atoms with E-state index in [1.807, 2.05) is 79.7 Å². The molecule has 158 valence electrons. The second-order valence-corrected chi connectivity index (χ2v) is 7.94. The fraction of sp³-hybridized carbons (Fsp3) is 0.115. The second kappa shape index (κ2) is 7.50. The molecular weight excluding hydrogens is 400 g/mol. The van der Waals surface area contributed by atoms with Crippen LogP contribution < -0.4 is 10.6 Å². The van der Waals surface area contributed by atoms with Gasteiger partial charge in [-0.1, -0.05) is 66.7 Å². The van der Waals surface area contributed by atoms with Crippen LogP contribution >= 0.6 is 0 Å². The van der Waals surface area contributed by atoms with E-state index in [4.69, 9.17) is 10.7 Å². The summed E-state index contributed by atoms with van der Waals surface area (Å²) in [7, 11) is 1.75. The Kier molecular flexibility index (Phi) is 4.63.